The average Bonchev–Trinajstić information content (AvgIpc) is 2.84. The lowest BCUT2D eigenvalue weighted by molar-refractivity contribution is -0.162. The molecule has 0 spiro atoms. The molecule has 2 rings (SSSR count). The Morgan fingerprint density at radius 1 is 1.21 bits per heavy atom. The molecule has 0 radical (unpaired) electrons. The molecule has 0 aromatic rings. The van der Waals surface area contributed by atoms with Crippen molar-refractivity contribution in [2.75, 3.05) is 13.2 Å². The van der Waals surface area contributed by atoms with E-state index < -0.39 is 0 Å². The maximum Gasteiger partial charge on any atom is 0.158 e. The minimum Gasteiger partial charge on any atom is -0.353 e. The van der Waals surface area contributed by atoms with Gasteiger partial charge in [-0.25, -0.2) is 0 Å². The van der Waals surface area contributed by atoms with E-state index >= 15 is 0 Å². The molecular weight excluding hydrogens is 240 g/mol. The predicted molar refractivity (Wildman–Crippen MR) is 75.0 cm³/mol. The maximum atomic E-state index is 11.4. The number of unbranched alkanes of at least 4 members (excludes halogenated alkanes) is 3. The summed E-state index contributed by atoms with van der Waals surface area (Å²) in [6.07, 6.45) is 12.9. The number of carbonyl (C=O) groups excluding carboxylic acids is 1. The number of ketones is 1. The Kier molecular flexibility index (Phi) is 6.58. The maximum absolute atomic E-state index is 11.4. The van der Waals surface area contributed by atoms with Gasteiger partial charge in [-0.15, -0.1) is 0 Å². The summed E-state index contributed by atoms with van der Waals surface area (Å²) in [5.41, 5.74) is 1.08. The van der Waals surface area contributed by atoms with Crippen molar-refractivity contribution < 1.29 is 14.3 Å². The van der Waals surface area contributed by atoms with Crippen molar-refractivity contribution in [3.8, 4) is 0 Å². The predicted octanol–water partition coefficient (Wildman–Crippen LogP) is 3.77. The highest BCUT2D eigenvalue weighted by atomic mass is 16.7. The highest BCUT2D eigenvalue weighted by molar-refractivity contribution is 5.97. The molecule has 1 aliphatic carbocycles. The molecule has 1 atom stereocenters. The largest absolute Gasteiger partial charge is 0.353 e. The van der Waals surface area contributed by atoms with Crippen LogP contribution in [0.3, 0.4) is 0 Å². The number of Topliss-reactive ketones (excluding diaryl/α,β-unsaturated/α-hetero) is 1. The van der Waals surface area contributed by atoms with Crippen LogP contribution in [0.2, 0.25) is 0 Å². The summed E-state index contributed by atoms with van der Waals surface area (Å²) in [4.78, 5) is 11.4. The first-order chi connectivity index (χ1) is 9.36. The van der Waals surface area contributed by atoms with Gasteiger partial charge in [0.25, 0.3) is 0 Å². The van der Waals surface area contributed by atoms with E-state index in [4.69, 9.17) is 9.47 Å². The van der Waals surface area contributed by atoms with Crippen molar-refractivity contribution in [2.24, 2.45) is 0 Å². The summed E-state index contributed by atoms with van der Waals surface area (Å²) in [6, 6.07) is 0. The van der Waals surface area contributed by atoms with E-state index in [1.165, 1.54) is 25.7 Å². The molecule has 0 aromatic heterocycles. The summed E-state index contributed by atoms with van der Waals surface area (Å²) in [7, 11) is 0. The van der Waals surface area contributed by atoms with Gasteiger partial charge in [0.15, 0.2) is 12.1 Å². The normalized spacial score (nSPS) is 23.7. The number of rotatable bonds is 8. The third-order valence-corrected chi connectivity index (χ3v) is 3.90. The van der Waals surface area contributed by atoms with Crippen LogP contribution in [-0.4, -0.2) is 25.3 Å². The second-order valence-corrected chi connectivity index (χ2v) is 5.52. The van der Waals surface area contributed by atoms with Crippen LogP contribution in [0.25, 0.3) is 0 Å². The topological polar surface area (TPSA) is 35.5 Å². The number of allylic oxidation sites excluding steroid dienone is 2. The van der Waals surface area contributed by atoms with Gasteiger partial charge in [0.2, 0.25) is 0 Å². The molecule has 0 aromatic carbocycles. The first-order valence-electron chi connectivity index (χ1n) is 7.82. The summed E-state index contributed by atoms with van der Waals surface area (Å²) in [5, 5.41) is 0. The molecule has 3 heteroatoms. The standard InChI is InChI=1S/C16H26O3/c17-15-10-7-9-14(15)8-3-1-2-5-12-18-16-11-4-6-13-19-16/h9,16H,1-8,10-13H2. The quantitative estimate of drug-likeness (QED) is 0.627. The first kappa shape index (κ1) is 14.7. The zero-order valence-corrected chi connectivity index (χ0v) is 11.9. The second-order valence-electron chi connectivity index (χ2n) is 5.52. The van der Waals surface area contributed by atoms with Gasteiger partial charge in [0.05, 0.1) is 0 Å². The highest BCUT2D eigenvalue weighted by Crippen LogP contribution is 2.20. The second kappa shape index (κ2) is 8.49. The molecule has 1 unspecified atom stereocenters. The number of carbonyl (C=O) groups is 1. The van der Waals surface area contributed by atoms with E-state index in [9.17, 15) is 4.79 Å². The van der Waals surface area contributed by atoms with Crippen LogP contribution >= 0.6 is 0 Å². The van der Waals surface area contributed by atoms with Crippen LogP contribution in [0.1, 0.15) is 64.2 Å². The molecular formula is C16H26O3. The lowest BCUT2D eigenvalue weighted by Crippen LogP contribution is -2.22. The molecule has 1 saturated heterocycles. The van der Waals surface area contributed by atoms with Gasteiger partial charge in [-0.2, -0.15) is 0 Å². The van der Waals surface area contributed by atoms with Gasteiger partial charge >= 0.3 is 0 Å². The fourth-order valence-electron chi connectivity index (χ4n) is 2.72. The molecule has 108 valence electrons. The Morgan fingerprint density at radius 2 is 2.11 bits per heavy atom. The SMILES string of the molecule is O=C1CCC=C1CCCCCCOC1CCCCO1. The Bertz CT molecular complexity index is 303. The van der Waals surface area contributed by atoms with Crippen LogP contribution in [0, 0.1) is 0 Å². The zero-order valence-electron chi connectivity index (χ0n) is 11.9. The van der Waals surface area contributed by atoms with Crippen molar-refractivity contribution in [2.45, 2.75) is 70.5 Å². The molecule has 3 nitrogen and oxygen atoms in total. The van der Waals surface area contributed by atoms with E-state index in [0.29, 0.717) is 5.78 Å². The van der Waals surface area contributed by atoms with Gasteiger partial charge in [0.1, 0.15) is 0 Å². The first-order valence-corrected chi connectivity index (χ1v) is 7.82. The number of hydrogen-bond donors (Lipinski definition) is 0. The van der Waals surface area contributed by atoms with E-state index in [2.05, 4.69) is 6.08 Å². The van der Waals surface area contributed by atoms with Crippen LogP contribution in [0.15, 0.2) is 11.6 Å². The Balaban J connectivity index is 1.41. The smallest absolute Gasteiger partial charge is 0.158 e. The van der Waals surface area contributed by atoms with Crippen molar-refractivity contribution in [3.63, 3.8) is 0 Å². The molecule has 0 amide bonds. The monoisotopic (exact) mass is 266 g/mol. The van der Waals surface area contributed by atoms with Crippen molar-refractivity contribution in [1.29, 1.82) is 0 Å². The van der Waals surface area contributed by atoms with Crippen molar-refractivity contribution in [1.82, 2.24) is 0 Å². The average molecular weight is 266 g/mol. The minimum atomic E-state index is 0.0509. The molecule has 1 fully saturated rings. The fraction of sp³-hybridized carbons (Fsp3) is 0.812. The zero-order chi connectivity index (χ0) is 13.3. The van der Waals surface area contributed by atoms with Gasteiger partial charge in [-0.3, -0.25) is 4.79 Å². The van der Waals surface area contributed by atoms with Crippen LogP contribution in [0.4, 0.5) is 0 Å². The van der Waals surface area contributed by atoms with Crippen LogP contribution < -0.4 is 0 Å². The van der Waals surface area contributed by atoms with Gasteiger partial charge in [-0.1, -0.05) is 18.9 Å². The summed E-state index contributed by atoms with van der Waals surface area (Å²) in [5.74, 6) is 0.373. The molecule has 0 N–H and O–H groups in total. The number of hydrogen-bond acceptors (Lipinski definition) is 3. The van der Waals surface area contributed by atoms with Gasteiger partial charge < -0.3 is 9.47 Å². The van der Waals surface area contributed by atoms with Crippen molar-refractivity contribution >= 4 is 5.78 Å². The van der Waals surface area contributed by atoms with E-state index in [1.54, 1.807) is 0 Å². The molecule has 0 saturated carbocycles. The van der Waals surface area contributed by atoms with E-state index in [-0.39, 0.29) is 6.29 Å². The number of ether oxygens (including phenoxy) is 2. The summed E-state index contributed by atoms with van der Waals surface area (Å²) in [6.45, 7) is 1.67. The third-order valence-electron chi connectivity index (χ3n) is 3.90. The summed E-state index contributed by atoms with van der Waals surface area (Å²) >= 11 is 0. The lowest BCUT2D eigenvalue weighted by Gasteiger charge is -2.22. The van der Waals surface area contributed by atoms with E-state index in [0.717, 1.165) is 57.3 Å². The Hall–Kier alpha value is -0.670. The lowest BCUT2D eigenvalue weighted by atomic mass is 10.1. The molecule has 1 heterocycles. The Morgan fingerprint density at radius 3 is 2.84 bits per heavy atom. The fourth-order valence-corrected chi connectivity index (χ4v) is 2.72. The van der Waals surface area contributed by atoms with Crippen LogP contribution in [-0.2, 0) is 14.3 Å². The minimum absolute atomic E-state index is 0.0509. The van der Waals surface area contributed by atoms with Gasteiger partial charge in [-0.05, 0) is 50.5 Å². The van der Waals surface area contributed by atoms with Crippen molar-refractivity contribution in [3.05, 3.63) is 11.6 Å². The van der Waals surface area contributed by atoms with E-state index in [1.807, 2.05) is 0 Å². The molecule has 19 heavy (non-hydrogen) atoms. The molecule has 2 aliphatic rings. The summed E-state index contributed by atoms with van der Waals surface area (Å²) < 4.78 is 11.2. The van der Waals surface area contributed by atoms with Crippen LogP contribution in [0.5, 0.6) is 0 Å². The highest BCUT2D eigenvalue weighted by Gasteiger charge is 2.14. The van der Waals surface area contributed by atoms with Gasteiger partial charge in [0, 0.05) is 19.6 Å². The third kappa shape index (κ3) is 5.45. The molecule has 0 bridgehead atoms. The molecule has 1 aliphatic heterocycles. The Labute approximate surface area is 116 Å².